The van der Waals surface area contributed by atoms with Gasteiger partial charge in [0.15, 0.2) is 6.17 Å². The van der Waals surface area contributed by atoms with Crippen LogP contribution in [0.5, 0.6) is 0 Å². The summed E-state index contributed by atoms with van der Waals surface area (Å²) in [5.74, 6) is 0.225. The molecule has 0 aliphatic rings. The van der Waals surface area contributed by atoms with E-state index in [-0.39, 0.29) is 12.1 Å². The summed E-state index contributed by atoms with van der Waals surface area (Å²) in [6, 6.07) is 0. The first-order valence-corrected chi connectivity index (χ1v) is 11.0. The molecule has 1 atom stereocenters. The number of quaternary nitrogens is 1. The minimum Gasteiger partial charge on any atom is -0.311 e. The highest BCUT2D eigenvalue weighted by atomic mass is 16.1. The van der Waals surface area contributed by atoms with Crippen LogP contribution in [0.2, 0.25) is 0 Å². The van der Waals surface area contributed by atoms with Gasteiger partial charge >= 0.3 is 0 Å². The number of unbranched alkanes of at least 4 members (excludes halogenated alkanes) is 12. The number of nitrogens with one attached hydrogen (secondary N) is 1. The van der Waals surface area contributed by atoms with E-state index >= 15 is 0 Å². The molecule has 0 saturated carbocycles. The number of hydrogen-bond acceptors (Lipinski definition) is 1. The minimum absolute atomic E-state index is 0.225. The van der Waals surface area contributed by atoms with E-state index in [2.05, 4.69) is 40.3 Å². The topological polar surface area (TPSA) is 29.1 Å². The molecule has 0 bridgehead atoms. The highest BCUT2D eigenvalue weighted by Crippen LogP contribution is 2.13. The van der Waals surface area contributed by atoms with E-state index in [1.165, 1.54) is 77.0 Å². The van der Waals surface area contributed by atoms with E-state index in [1.54, 1.807) is 0 Å². The molecule has 0 spiro atoms. The highest BCUT2D eigenvalue weighted by Gasteiger charge is 2.22. The average molecular weight is 356 g/mol. The lowest BCUT2D eigenvalue weighted by molar-refractivity contribution is -0.898. The summed E-state index contributed by atoms with van der Waals surface area (Å²) in [4.78, 5) is 12.0. The number of carbonyl (C=O) groups is 1. The van der Waals surface area contributed by atoms with Crippen LogP contribution < -0.4 is 5.32 Å². The van der Waals surface area contributed by atoms with E-state index in [0.717, 1.165) is 17.3 Å². The molecule has 1 amide bonds. The van der Waals surface area contributed by atoms with Gasteiger partial charge in [-0.25, -0.2) is 0 Å². The SMILES string of the molecule is CCCCCCCCCCCCCCCC(=O)N[C@H](CC)[N+](C)(C)C. The van der Waals surface area contributed by atoms with E-state index in [9.17, 15) is 4.79 Å². The Kier molecular flexibility index (Phi) is 15.3. The monoisotopic (exact) mass is 355 g/mol. The van der Waals surface area contributed by atoms with Gasteiger partial charge in [-0.15, -0.1) is 0 Å². The molecule has 0 heterocycles. The van der Waals surface area contributed by atoms with Crippen molar-refractivity contribution in [3.05, 3.63) is 0 Å². The first-order chi connectivity index (χ1) is 11.9. The fourth-order valence-corrected chi connectivity index (χ4v) is 3.40. The Morgan fingerprint density at radius 1 is 0.720 bits per heavy atom. The van der Waals surface area contributed by atoms with Crippen LogP contribution in [-0.2, 0) is 4.79 Å². The molecule has 0 aliphatic heterocycles. The molecule has 0 aromatic rings. The van der Waals surface area contributed by atoms with Crippen molar-refractivity contribution in [2.24, 2.45) is 0 Å². The molecule has 0 unspecified atom stereocenters. The summed E-state index contributed by atoms with van der Waals surface area (Å²) >= 11 is 0. The lowest BCUT2D eigenvalue weighted by Crippen LogP contribution is -2.54. The van der Waals surface area contributed by atoms with E-state index in [1.807, 2.05) is 0 Å². The maximum atomic E-state index is 12.0. The second kappa shape index (κ2) is 15.7. The first-order valence-electron chi connectivity index (χ1n) is 11.0. The maximum absolute atomic E-state index is 12.0. The molecule has 25 heavy (non-hydrogen) atoms. The van der Waals surface area contributed by atoms with Crippen molar-refractivity contribution in [1.29, 1.82) is 0 Å². The number of carbonyl (C=O) groups excluding carboxylic acids is 1. The lowest BCUT2D eigenvalue weighted by atomic mass is 10.0. The zero-order chi connectivity index (χ0) is 19.0. The van der Waals surface area contributed by atoms with Crippen molar-refractivity contribution in [2.45, 2.75) is 116 Å². The molecule has 3 heteroatoms. The number of rotatable bonds is 17. The smallest absolute Gasteiger partial charge is 0.224 e. The predicted octanol–water partition coefficient (Wildman–Crippen LogP) is 6.03. The van der Waals surface area contributed by atoms with Gasteiger partial charge in [-0.2, -0.15) is 0 Å². The molecule has 0 rings (SSSR count). The fraction of sp³-hybridized carbons (Fsp3) is 0.955. The third-order valence-corrected chi connectivity index (χ3v) is 5.16. The van der Waals surface area contributed by atoms with Crippen LogP contribution >= 0.6 is 0 Å². The Balaban J connectivity index is 3.39. The summed E-state index contributed by atoms with van der Waals surface area (Å²) in [5, 5.41) is 3.18. The van der Waals surface area contributed by atoms with Crippen LogP contribution in [0.25, 0.3) is 0 Å². The largest absolute Gasteiger partial charge is 0.311 e. The van der Waals surface area contributed by atoms with Crippen LogP contribution in [0.3, 0.4) is 0 Å². The molecular weight excluding hydrogens is 308 g/mol. The molecule has 1 N–H and O–H groups in total. The molecule has 0 saturated heterocycles. The molecule has 0 aromatic carbocycles. The lowest BCUT2D eigenvalue weighted by Gasteiger charge is -2.33. The van der Waals surface area contributed by atoms with Crippen LogP contribution in [0.4, 0.5) is 0 Å². The van der Waals surface area contributed by atoms with Gasteiger partial charge in [0.2, 0.25) is 5.91 Å². The summed E-state index contributed by atoms with van der Waals surface area (Å²) in [6.45, 7) is 4.42. The van der Waals surface area contributed by atoms with E-state index < -0.39 is 0 Å². The summed E-state index contributed by atoms with van der Waals surface area (Å²) in [6.07, 6.45) is 19.4. The van der Waals surface area contributed by atoms with Gasteiger partial charge in [0.05, 0.1) is 21.1 Å². The van der Waals surface area contributed by atoms with Gasteiger partial charge in [0.1, 0.15) is 0 Å². The molecule has 3 nitrogen and oxygen atoms in total. The third kappa shape index (κ3) is 15.4. The van der Waals surface area contributed by atoms with Gasteiger partial charge in [0, 0.05) is 12.8 Å². The van der Waals surface area contributed by atoms with Gasteiger partial charge < -0.3 is 9.80 Å². The molecule has 150 valence electrons. The number of nitrogens with zero attached hydrogens (tertiary/aromatic N) is 1. The summed E-state index contributed by atoms with van der Waals surface area (Å²) < 4.78 is 0.793. The van der Waals surface area contributed by atoms with Crippen molar-refractivity contribution < 1.29 is 9.28 Å². The number of amides is 1. The predicted molar refractivity (Wildman–Crippen MR) is 111 cm³/mol. The Bertz CT molecular complexity index is 310. The Morgan fingerprint density at radius 3 is 1.48 bits per heavy atom. The molecule has 0 aliphatic carbocycles. The van der Waals surface area contributed by atoms with Gasteiger partial charge in [0.25, 0.3) is 0 Å². The van der Waals surface area contributed by atoms with Crippen molar-refractivity contribution in [2.75, 3.05) is 21.1 Å². The van der Waals surface area contributed by atoms with Gasteiger partial charge in [-0.05, 0) is 6.42 Å². The quantitative estimate of drug-likeness (QED) is 0.193. The zero-order valence-electron chi connectivity index (χ0n) is 18.0. The summed E-state index contributed by atoms with van der Waals surface area (Å²) in [5.41, 5.74) is 0. The zero-order valence-corrected chi connectivity index (χ0v) is 18.0. The normalized spacial score (nSPS) is 13.0. The highest BCUT2D eigenvalue weighted by molar-refractivity contribution is 5.75. The van der Waals surface area contributed by atoms with Crippen molar-refractivity contribution in [3.8, 4) is 0 Å². The average Bonchev–Trinajstić information content (AvgIpc) is 2.55. The van der Waals surface area contributed by atoms with Gasteiger partial charge in [-0.3, -0.25) is 4.79 Å². The molecule has 0 fully saturated rings. The first kappa shape index (κ1) is 24.4. The van der Waals surface area contributed by atoms with Crippen molar-refractivity contribution in [1.82, 2.24) is 5.32 Å². The van der Waals surface area contributed by atoms with Crippen LogP contribution in [0.1, 0.15) is 110 Å². The summed E-state index contributed by atoms with van der Waals surface area (Å²) in [7, 11) is 6.42. The second-order valence-corrected chi connectivity index (χ2v) is 8.60. The van der Waals surface area contributed by atoms with E-state index in [0.29, 0.717) is 6.42 Å². The van der Waals surface area contributed by atoms with Crippen LogP contribution in [-0.4, -0.2) is 37.7 Å². The molecule has 0 radical (unpaired) electrons. The van der Waals surface area contributed by atoms with E-state index in [4.69, 9.17) is 0 Å². The molecule has 0 aromatic heterocycles. The molecular formula is C22H47N2O+. The Morgan fingerprint density at radius 2 is 1.12 bits per heavy atom. The van der Waals surface area contributed by atoms with Gasteiger partial charge in [-0.1, -0.05) is 90.9 Å². The fourth-order valence-electron chi connectivity index (χ4n) is 3.40. The second-order valence-electron chi connectivity index (χ2n) is 8.60. The van der Waals surface area contributed by atoms with Crippen molar-refractivity contribution >= 4 is 5.91 Å². The standard InChI is InChI=1S/C22H46N2O/c1-6-8-9-10-11-12-13-14-15-16-17-18-19-20-22(25)23-21(7-2)24(3,4)5/h21H,6-20H2,1-5H3/p+1/t21-/m0/s1. The maximum Gasteiger partial charge on any atom is 0.224 e. The van der Waals surface area contributed by atoms with Crippen molar-refractivity contribution in [3.63, 3.8) is 0 Å². The third-order valence-electron chi connectivity index (χ3n) is 5.16. The van der Waals surface area contributed by atoms with Crippen LogP contribution in [0.15, 0.2) is 0 Å². The van der Waals surface area contributed by atoms with Crippen LogP contribution in [0, 0.1) is 0 Å². The number of hydrogen-bond donors (Lipinski definition) is 1. The minimum atomic E-state index is 0.225. The Labute approximate surface area is 158 Å². The Hall–Kier alpha value is -0.570.